The molecule has 0 aromatic rings. The Labute approximate surface area is 80.8 Å². The Morgan fingerprint density at radius 1 is 1.31 bits per heavy atom. The summed E-state index contributed by atoms with van der Waals surface area (Å²) in [5.41, 5.74) is 5.30. The summed E-state index contributed by atoms with van der Waals surface area (Å²) < 4.78 is 4.83. The number of amidine groups is 1. The van der Waals surface area contributed by atoms with E-state index in [1.165, 1.54) is 0 Å². The van der Waals surface area contributed by atoms with Crippen LogP contribution in [0, 0.1) is 0 Å². The van der Waals surface area contributed by atoms with Crippen LogP contribution < -0.4 is 5.73 Å². The van der Waals surface area contributed by atoms with E-state index in [-0.39, 0.29) is 6.61 Å². The van der Waals surface area contributed by atoms with Gasteiger partial charge in [0.25, 0.3) is 0 Å². The van der Waals surface area contributed by atoms with Crippen molar-refractivity contribution in [2.45, 2.75) is 27.2 Å². The second-order valence-corrected chi connectivity index (χ2v) is 2.23. The summed E-state index contributed by atoms with van der Waals surface area (Å²) in [7, 11) is 0. The number of hydrogen-bond acceptors (Lipinski definition) is 3. The minimum Gasteiger partial charge on any atom is -0.394 e. The van der Waals surface area contributed by atoms with Crippen LogP contribution in [0.1, 0.15) is 27.2 Å². The number of aliphatic imine (C=N–C) groups is 1. The molecular weight excluding hydrogens is 168 g/mol. The van der Waals surface area contributed by atoms with Crippen molar-refractivity contribution in [3.05, 3.63) is 0 Å². The van der Waals surface area contributed by atoms with Crippen LogP contribution in [0.25, 0.3) is 0 Å². The van der Waals surface area contributed by atoms with Crippen molar-refractivity contribution in [3.63, 3.8) is 0 Å². The van der Waals surface area contributed by atoms with Crippen LogP contribution in [0.5, 0.6) is 0 Å². The molecule has 0 aliphatic rings. The average molecular weight is 190 g/mol. The lowest BCUT2D eigenvalue weighted by Crippen LogP contribution is -2.10. The molecular formula is C9H22N2O2. The Bertz CT molecular complexity index is 114. The van der Waals surface area contributed by atoms with E-state index in [1.54, 1.807) is 0 Å². The van der Waals surface area contributed by atoms with Crippen LogP contribution in [0.4, 0.5) is 0 Å². The lowest BCUT2D eigenvalue weighted by molar-refractivity contribution is 0.162. The van der Waals surface area contributed by atoms with Gasteiger partial charge in [-0.1, -0.05) is 6.92 Å². The number of nitrogens with two attached hydrogens (primary N) is 1. The van der Waals surface area contributed by atoms with Crippen LogP contribution in [0.2, 0.25) is 0 Å². The van der Waals surface area contributed by atoms with Gasteiger partial charge in [-0.15, -0.1) is 0 Å². The first kappa shape index (κ1) is 14.9. The molecule has 3 N–H and O–H groups in total. The fourth-order valence-corrected chi connectivity index (χ4v) is 0.510. The van der Waals surface area contributed by atoms with Gasteiger partial charge in [-0.2, -0.15) is 0 Å². The SMILES string of the molecule is CCC(N)=NCCO.CCOCC. The number of aliphatic hydroxyl groups is 1. The van der Waals surface area contributed by atoms with Crippen molar-refractivity contribution < 1.29 is 9.84 Å². The summed E-state index contributed by atoms with van der Waals surface area (Å²) in [6, 6.07) is 0. The first-order valence-electron chi connectivity index (χ1n) is 4.70. The van der Waals surface area contributed by atoms with Gasteiger partial charge in [0.15, 0.2) is 0 Å². The Morgan fingerprint density at radius 2 is 1.85 bits per heavy atom. The average Bonchev–Trinajstić information content (AvgIpc) is 2.16. The lowest BCUT2D eigenvalue weighted by atomic mass is 10.4. The Morgan fingerprint density at radius 3 is 2.08 bits per heavy atom. The van der Waals surface area contributed by atoms with E-state index in [2.05, 4.69) is 4.99 Å². The Kier molecular flexibility index (Phi) is 16.0. The summed E-state index contributed by atoms with van der Waals surface area (Å²) in [6.07, 6.45) is 0.764. The molecule has 0 amide bonds. The number of rotatable bonds is 5. The molecule has 4 nitrogen and oxygen atoms in total. The minimum absolute atomic E-state index is 0.0840. The minimum atomic E-state index is 0.0840. The third-order valence-electron chi connectivity index (χ3n) is 1.19. The van der Waals surface area contributed by atoms with E-state index in [0.717, 1.165) is 19.6 Å². The summed E-state index contributed by atoms with van der Waals surface area (Å²) in [4.78, 5) is 3.81. The maximum atomic E-state index is 8.25. The monoisotopic (exact) mass is 190 g/mol. The molecule has 0 atom stereocenters. The molecule has 0 aromatic heterocycles. The first-order chi connectivity index (χ1) is 6.22. The molecule has 13 heavy (non-hydrogen) atoms. The van der Waals surface area contributed by atoms with Crippen molar-refractivity contribution in [2.24, 2.45) is 10.7 Å². The van der Waals surface area contributed by atoms with E-state index >= 15 is 0 Å². The molecule has 0 spiro atoms. The first-order valence-corrected chi connectivity index (χ1v) is 4.70. The molecule has 0 radical (unpaired) electrons. The van der Waals surface area contributed by atoms with Gasteiger partial charge in [-0.25, -0.2) is 0 Å². The molecule has 0 saturated carbocycles. The molecule has 0 heterocycles. The largest absolute Gasteiger partial charge is 0.394 e. The van der Waals surface area contributed by atoms with E-state index < -0.39 is 0 Å². The highest BCUT2D eigenvalue weighted by molar-refractivity contribution is 5.79. The highest BCUT2D eigenvalue weighted by atomic mass is 16.5. The van der Waals surface area contributed by atoms with Crippen LogP contribution in [-0.4, -0.2) is 37.3 Å². The van der Waals surface area contributed by atoms with E-state index in [0.29, 0.717) is 12.4 Å². The second kappa shape index (κ2) is 13.9. The molecule has 0 aromatic carbocycles. The van der Waals surface area contributed by atoms with Gasteiger partial charge in [0.2, 0.25) is 0 Å². The summed E-state index contributed by atoms with van der Waals surface area (Å²) in [6.45, 7) is 8.11. The Balaban J connectivity index is 0. The highest BCUT2D eigenvalue weighted by Gasteiger charge is 1.81. The summed E-state index contributed by atoms with van der Waals surface area (Å²) in [5.74, 6) is 0.610. The predicted octanol–water partition coefficient (Wildman–Crippen LogP) is 0.789. The fraction of sp³-hybridized carbons (Fsp3) is 0.889. The van der Waals surface area contributed by atoms with Crippen molar-refractivity contribution in [2.75, 3.05) is 26.4 Å². The van der Waals surface area contributed by atoms with Crippen LogP contribution in [-0.2, 0) is 4.74 Å². The molecule has 0 saturated heterocycles. The topological polar surface area (TPSA) is 67.8 Å². The molecule has 0 aliphatic heterocycles. The third-order valence-corrected chi connectivity index (χ3v) is 1.19. The lowest BCUT2D eigenvalue weighted by Gasteiger charge is -1.91. The van der Waals surface area contributed by atoms with E-state index in [4.69, 9.17) is 15.6 Å². The van der Waals surface area contributed by atoms with Gasteiger partial charge in [0.1, 0.15) is 0 Å². The van der Waals surface area contributed by atoms with E-state index in [9.17, 15) is 0 Å². The Hall–Kier alpha value is -0.610. The van der Waals surface area contributed by atoms with Gasteiger partial charge in [0, 0.05) is 19.6 Å². The van der Waals surface area contributed by atoms with Gasteiger partial charge in [-0.3, -0.25) is 4.99 Å². The van der Waals surface area contributed by atoms with Crippen LogP contribution in [0.3, 0.4) is 0 Å². The van der Waals surface area contributed by atoms with Crippen molar-refractivity contribution >= 4 is 5.84 Å². The molecule has 0 rings (SSSR count). The molecule has 80 valence electrons. The van der Waals surface area contributed by atoms with Gasteiger partial charge >= 0.3 is 0 Å². The molecule has 0 unspecified atom stereocenters. The zero-order valence-electron chi connectivity index (χ0n) is 8.92. The molecule has 0 fully saturated rings. The van der Waals surface area contributed by atoms with E-state index in [1.807, 2.05) is 20.8 Å². The summed E-state index contributed by atoms with van der Waals surface area (Å²) in [5, 5.41) is 8.25. The number of hydrogen-bond donors (Lipinski definition) is 2. The van der Waals surface area contributed by atoms with Crippen molar-refractivity contribution in [1.29, 1.82) is 0 Å². The smallest absolute Gasteiger partial charge is 0.0935 e. The predicted molar refractivity (Wildman–Crippen MR) is 56.0 cm³/mol. The maximum Gasteiger partial charge on any atom is 0.0935 e. The van der Waals surface area contributed by atoms with Gasteiger partial charge in [-0.05, 0) is 13.8 Å². The van der Waals surface area contributed by atoms with Crippen LogP contribution in [0.15, 0.2) is 4.99 Å². The van der Waals surface area contributed by atoms with Gasteiger partial charge in [0.05, 0.1) is 19.0 Å². The fourth-order valence-electron chi connectivity index (χ4n) is 0.510. The summed E-state index contributed by atoms with van der Waals surface area (Å²) >= 11 is 0. The number of ether oxygens (including phenoxy) is 1. The van der Waals surface area contributed by atoms with Gasteiger partial charge < -0.3 is 15.6 Å². The molecule has 0 bridgehead atoms. The van der Waals surface area contributed by atoms with Crippen LogP contribution >= 0.6 is 0 Å². The second-order valence-electron chi connectivity index (χ2n) is 2.23. The standard InChI is InChI=1S/C5H12N2O.C4H10O/c1-2-5(6)7-3-4-8;1-3-5-4-2/h8H,2-4H2,1H3,(H2,6,7);3-4H2,1-2H3. The zero-order valence-corrected chi connectivity index (χ0v) is 8.92. The highest BCUT2D eigenvalue weighted by Crippen LogP contribution is 1.75. The van der Waals surface area contributed by atoms with Crippen molar-refractivity contribution in [3.8, 4) is 0 Å². The number of aliphatic hydroxyl groups excluding tert-OH is 1. The molecule has 4 heteroatoms. The maximum absolute atomic E-state index is 8.25. The van der Waals surface area contributed by atoms with Crippen molar-refractivity contribution in [1.82, 2.24) is 0 Å². The quantitative estimate of drug-likeness (QED) is 0.497. The molecule has 0 aliphatic carbocycles. The normalized spacial score (nSPS) is 10.6. The number of nitrogens with zero attached hydrogens (tertiary/aromatic N) is 1. The third kappa shape index (κ3) is 18.4. The zero-order chi connectivity index (χ0) is 10.5.